The molecule has 1 amide bonds. The normalized spacial score (nSPS) is 16.0. The molecule has 0 spiro atoms. The van der Waals surface area contributed by atoms with Gasteiger partial charge < -0.3 is 15.5 Å². The van der Waals surface area contributed by atoms with E-state index in [0.29, 0.717) is 22.2 Å². The molecule has 0 aliphatic heterocycles. The number of benzene rings is 2. The van der Waals surface area contributed by atoms with Crippen molar-refractivity contribution >= 4 is 44.4 Å². The van der Waals surface area contributed by atoms with E-state index in [1.165, 1.54) is 35.0 Å². The van der Waals surface area contributed by atoms with Crippen molar-refractivity contribution in [1.29, 1.82) is 0 Å². The van der Waals surface area contributed by atoms with Crippen LogP contribution in [0.4, 0.5) is 23.8 Å². The Morgan fingerprint density at radius 2 is 1.89 bits per heavy atom. The Morgan fingerprint density at radius 3 is 2.52 bits per heavy atom. The van der Waals surface area contributed by atoms with Gasteiger partial charge in [-0.1, -0.05) is 35.7 Å². The summed E-state index contributed by atoms with van der Waals surface area (Å²) in [4.78, 5) is 16.5. The van der Waals surface area contributed by atoms with Crippen molar-refractivity contribution in [2.75, 3.05) is 11.0 Å². The third-order valence-electron chi connectivity index (χ3n) is 6.92. The van der Waals surface area contributed by atoms with Crippen LogP contribution in [0.5, 0.6) is 0 Å². The van der Waals surface area contributed by atoms with Gasteiger partial charge in [-0.05, 0) is 48.2 Å². The second-order valence-corrected chi connectivity index (χ2v) is 12.8. The topological polar surface area (TPSA) is 146 Å². The molecular formula is C29H25ClF3N5O5S. The minimum Gasteiger partial charge on any atom is -0.465 e. The van der Waals surface area contributed by atoms with Gasteiger partial charge in [0, 0.05) is 18.2 Å². The van der Waals surface area contributed by atoms with Crippen LogP contribution < -0.4 is 10.0 Å². The number of carbonyl (C=O) groups is 1. The number of nitrogens with one attached hydrogen (secondary N) is 2. The van der Waals surface area contributed by atoms with Gasteiger partial charge in [0.15, 0.2) is 5.82 Å². The molecule has 2 heterocycles. The molecule has 0 radical (unpaired) electrons. The Kier molecular flexibility index (Phi) is 8.00. The molecule has 1 fully saturated rings. The number of amides is 1. The summed E-state index contributed by atoms with van der Waals surface area (Å²) < 4.78 is 68.7. The molecule has 230 valence electrons. The number of aromatic nitrogens is 3. The zero-order valence-electron chi connectivity index (χ0n) is 23.2. The molecule has 4 N–H and O–H groups in total. The fraction of sp³-hybridized carbons (Fsp3) is 0.276. The van der Waals surface area contributed by atoms with Gasteiger partial charge in [0.2, 0.25) is 10.0 Å². The molecule has 4 aromatic rings. The van der Waals surface area contributed by atoms with Crippen LogP contribution in [0.25, 0.3) is 22.0 Å². The van der Waals surface area contributed by atoms with Crippen molar-refractivity contribution in [3.05, 3.63) is 76.3 Å². The molecule has 10 nitrogen and oxygen atoms in total. The number of sulfonamides is 1. The summed E-state index contributed by atoms with van der Waals surface area (Å²) in [5.41, 5.74) is -0.0661. The number of pyridine rings is 1. The highest BCUT2D eigenvalue weighted by Gasteiger charge is 2.55. The van der Waals surface area contributed by atoms with Gasteiger partial charge in [0.1, 0.15) is 17.1 Å². The van der Waals surface area contributed by atoms with E-state index < -0.39 is 52.3 Å². The molecule has 5 rings (SSSR count). The fourth-order valence-electron chi connectivity index (χ4n) is 5.22. The number of hydrogen-bond donors (Lipinski definition) is 4. The molecule has 0 bridgehead atoms. The lowest BCUT2D eigenvalue weighted by Gasteiger charge is -2.39. The van der Waals surface area contributed by atoms with Crippen molar-refractivity contribution in [3.8, 4) is 23.0 Å². The van der Waals surface area contributed by atoms with Gasteiger partial charge in [0.05, 0.1) is 46.8 Å². The van der Waals surface area contributed by atoms with Crippen LogP contribution in [0.3, 0.4) is 0 Å². The quantitative estimate of drug-likeness (QED) is 0.210. The third kappa shape index (κ3) is 6.75. The summed E-state index contributed by atoms with van der Waals surface area (Å²) in [6, 6.07) is 10.7. The van der Waals surface area contributed by atoms with E-state index in [9.17, 15) is 36.6 Å². The molecule has 2 aromatic heterocycles. The zero-order valence-corrected chi connectivity index (χ0v) is 24.8. The number of fused-ring (bicyclic) bond motifs is 1. The van der Waals surface area contributed by atoms with E-state index in [4.69, 9.17) is 11.6 Å². The van der Waals surface area contributed by atoms with E-state index >= 15 is 0 Å². The first-order valence-electron chi connectivity index (χ1n) is 13.0. The molecule has 1 unspecified atom stereocenters. The lowest BCUT2D eigenvalue weighted by atomic mass is 9.77. The summed E-state index contributed by atoms with van der Waals surface area (Å²) in [6.45, 7) is 0. The molecule has 44 heavy (non-hydrogen) atoms. The van der Waals surface area contributed by atoms with Crippen LogP contribution in [0, 0.1) is 17.7 Å². The number of carboxylic acid groups (broad SMARTS) is 1. The molecule has 2 aromatic carbocycles. The van der Waals surface area contributed by atoms with Crippen molar-refractivity contribution in [1.82, 2.24) is 20.1 Å². The largest absolute Gasteiger partial charge is 0.465 e. The van der Waals surface area contributed by atoms with Gasteiger partial charge in [0.25, 0.3) is 5.92 Å². The molecule has 15 heteroatoms. The Morgan fingerprint density at radius 1 is 1.18 bits per heavy atom. The van der Waals surface area contributed by atoms with Gasteiger partial charge in [-0.25, -0.2) is 31.4 Å². The van der Waals surface area contributed by atoms with Crippen LogP contribution in [0.2, 0.25) is 5.02 Å². The van der Waals surface area contributed by atoms with E-state index in [1.807, 2.05) is 0 Å². The number of rotatable bonds is 7. The summed E-state index contributed by atoms with van der Waals surface area (Å²) in [6.07, 6.45) is -2.13. The summed E-state index contributed by atoms with van der Waals surface area (Å²) in [5.74, 6) is 1.47. The molecule has 1 atom stereocenters. The SMILES string of the molecule is Cn1nc(NS(C)(=O)=O)c2c(Cl)ccc(-c3ccc(C#CC4(O)CC(F)(F)C4)nc3C(Cc3cccc(F)c3)NC(=O)O)c21. The van der Waals surface area contributed by atoms with E-state index in [2.05, 4.69) is 32.0 Å². The molecule has 1 saturated carbocycles. The van der Waals surface area contributed by atoms with Gasteiger partial charge in [-0.2, -0.15) is 5.10 Å². The number of alkyl halides is 2. The first-order chi connectivity index (χ1) is 20.5. The second-order valence-electron chi connectivity index (χ2n) is 10.6. The fourth-order valence-corrected chi connectivity index (χ4v) is 5.95. The highest BCUT2D eigenvalue weighted by molar-refractivity contribution is 7.92. The average Bonchev–Trinajstić information content (AvgIpc) is 3.21. The molecular weight excluding hydrogens is 623 g/mol. The third-order valence-corrected chi connectivity index (χ3v) is 7.80. The standard InChI is InChI=1S/C29H25ClF3N5O5S/c1-38-25-20(8-9-21(30)23(25)26(36-38)37-44(2,42)43)19-7-6-18(10-11-28(41)14-29(32,33)15-28)34-24(19)22(35-27(39)40)13-16-4-3-5-17(31)12-16/h3-9,12,22,35,41H,13-15H2,1-2H3,(H,36,37)(H,39,40). The van der Waals surface area contributed by atoms with Crippen molar-refractivity contribution in [2.45, 2.75) is 36.8 Å². The van der Waals surface area contributed by atoms with Gasteiger partial charge in [-0.15, -0.1) is 0 Å². The van der Waals surface area contributed by atoms with E-state index in [0.717, 1.165) is 6.26 Å². The zero-order chi connectivity index (χ0) is 32.0. The van der Waals surface area contributed by atoms with Crippen molar-refractivity contribution in [2.24, 2.45) is 7.05 Å². The number of aliphatic hydroxyl groups is 1. The van der Waals surface area contributed by atoms with E-state index in [1.54, 1.807) is 25.2 Å². The summed E-state index contributed by atoms with van der Waals surface area (Å²) >= 11 is 6.48. The number of aryl methyl sites for hydroxylation is 1. The Bertz CT molecular complexity index is 1970. The van der Waals surface area contributed by atoms with Crippen molar-refractivity contribution < 1.29 is 36.6 Å². The minimum absolute atomic E-state index is 0.0284. The maximum atomic E-state index is 14.1. The monoisotopic (exact) mass is 647 g/mol. The van der Waals surface area contributed by atoms with Gasteiger partial charge in [-0.3, -0.25) is 9.40 Å². The van der Waals surface area contributed by atoms with Crippen LogP contribution in [-0.4, -0.2) is 57.3 Å². The van der Waals surface area contributed by atoms with Crippen molar-refractivity contribution in [3.63, 3.8) is 0 Å². The van der Waals surface area contributed by atoms with Crippen LogP contribution in [-0.2, 0) is 23.5 Å². The highest BCUT2D eigenvalue weighted by atomic mass is 35.5. The number of anilines is 1. The number of halogens is 4. The lowest BCUT2D eigenvalue weighted by molar-refractivity contribution is -0.176. The lowest BCUT2D eigenvalue weighted by Crippen LogP contribution is -2.50. The second kappa shape index (κ2) is 11.3. The maximum Gasteiger partial charge on any atom is 0.405 e. The maximum absolute atomic E-state index is 14.1. The minimum atomic E-state index is -3.74. The Hall–Kier alpha value is -4.32. The van der Waals surface area contributed by atoms with Crippen LogP contribution in [0.1, 0.15) is 35.8 Å². The Labute approximate surface area is 254 Å². The summed E-state index contributed by atoms with van der Waals surface area (Å²) in [7, 11) is -2.17. The average molecular weight is 648 g/mol. The summed E-state index contributed by atoms with van der Waals surface area (Å²) in [5, 5.41) is 27.2. The van der Waals surface area contributed by atoms with E-state index in [-0.39, 0.29) is 34.0 Å². The highest BCUT2D eigenvalue weighted by Crippen LogP contribution is 2.45. The smallest absolute Gasteiger partial charge is 0.405 e. The van der Waals surface area contributed by atoms with Crippen LogP contribution in [0.15, 0.2) is 48.5 Å². The first kappa shape index (κ1) is 31.1. The predicted octanol–water partition coefficient (Wildman–Crippen LogP) is 4.86. The predicted molar refractivity (Wildman–Crippen MR) is 157 cm³/mol. The number of nitrogens with zero attached hydrogens (tertiary/aromatic N) is 3. The number of hydrogen-bond acceptors (Lipinski definition) is 6. The Balaban J connectivity index is 1.71. The molecule has 0 saturated heterocycles. The first-order valence-corrected chi connectivity index (χ1v) is 15.3. The molecule has 1 aliphatic rings. The van der Waals surface area contributed by atoms with Crippen LogP contribution >= 0.6 is 11.6 Å². The van der Waals surface area contributed by atoms with Gasteiger partial charge >= 0.3 is 6.09 Å². The molecule has 1 aliphatic carbocycles.